The topological polar surface area (TPSA) is 24.1 Å². The molecule has 78 valence electrons. The second-order valence-electron chi connectivity index (χ2n) is 4.84. The molecule has 0 radical (unpaired) electrons. The molecule has 2 nitrogen and oxygen atoms in total. The summed E-state index contributed by atoms with van der Waals surface area (Å²) in [6.45, 7) is 11.5. The van der Waals surface area contributed by atoms with Gasteiger partial charge in [0.25, 0.3) is 0 Å². The monoisotopic (exact) mass is 184 g/mol. The summed E-state index contributed by atoms with van der Waals surface area (Å²) in [7, 11) is 0. The largest absolute Gasteiger partial charge is 0.315 e. The van der Waals surface area contributed by atoms with Crippen molar-refractivity contribution >= 4 is 0 Å². The zero-order valence-corrected chi connectivity index (χ0v) is 9.32. The van der Waals surface area contributed by atoms with Crippen LogP contribution in [0.15, 0.2) is 0 Å². The third kappa shape index (κ3) is 4.10. The van der Waals surface area contributed by atoms with Gasteiger partial charge in [-0.2, -0.15) is 0 Å². The highest BCUT2D eigenvalue weighted by Gasteiger charge is 2.44. The van der Waals surface area contributed by atoms with E-state index in [1.165, 1.54) is 19.4 Å². The molecule has 1 saturated carbocycles. The van der Waals surface area contributed by atoms with E-state index in [1.54, 1.807) is 0 Å². The lowest BCUT2D eigenvalue weighted by atomic mass is 10.1. The van der Waals surface area contributed by atoms with E-state index in [0.29, 0.717) is 5.41 Å². The van der Waals surface area contributed by atoms with Crippen LogP contribution in [0, 0.1) is 11.3 Å². The Morgan fingerprint density at radius 1 is 1.15 bits per heavy atom. The number of hydrogen-bond acceptors (Lipinski definition) is 2. The van der Waals surface area contributed by atoms with Gasteiger partial charge in [0.2, 0.25) is 0 Å². The first-order chi connectivity index (χ1) is 6.17. The van der Waals surface area contributed by atoms with Crippen molar-refractivity contribution in [2.24, 2.45) is 11.3 Å². The van der Waals surface area contributed by atoms with Crippen LogP contribution in [0.3, 0.4) is 0 Å². The van der Waals surface area contributed by atoms with Gasteiger partial charge in [-0.05, 0) is 37.3 Å². The summed E-state index contributed by atoms with van der Waals surface area (Å²) in [6.07, 6.45) is 2.64. The first-order valence-electron chi connectivity index (χ1n) is 5.58. The van der Waals surface area contributed by atoms with E-state index >= 15 is 0 Å². The van der Waals surface area contributed by atoms with Gasteiger partial charge in [0.15, 0.2) is 0 Å². The summed E-state index contributed by atoms with van der Waals surface area (Å²) in [5, 5.41) is 6.89. The van der Waals surface area contributed by atoms with Gasteiger partial charge in [-0.25, -0.2) is 0 Å². The van der Waals surface area contributed by atoms with Gasteiger partial charge in [-0.3, -0.25) is 0 Å². The van der Waals surface area contributed by atoms with Gasteiger partial charge in [0, 0.05) is 13.1 Å². The SMILES string of the molecule is CCCNCCNCC1CC1(C)C. The Morgan fingerprint density at radius 3 is 2.31 bits per heavy atom. The Bertz CT molecular complexity index is 143. The molecule has 1 fully saturated rings. The molecule has 0 aromatic carbocycles. The maximum atomic E-state index is 3.50. The molecule has 2 heteroatoms. The summed E-state index contributed by atoms with van der Waals surface area (Å²) >= 11 is 0. The van der Waals surface area contributed by atoms with Crippen molar-refractivity contribution in [1.29, 1.82) is 0 Å². The van der Waals surface area contributed by atoms with Crippen LogP contribution in [0.25, 0.3) is 0 Å². The Kier molecular flexibility index (Phi) is 4.20. The summed E-state index contributed by atoms with van der Waals surface area (Å²) in [6, 6.07) is 0. The predicted molar refractivity (Wildman–Crippen MR) is 57.9 cm³/mol. The zero-order valence-electron chi connectivity index (χ0n) is 9.32. The van der Waals surface area contributed by atoms with Crippen LogP contribution in [0.4, 0.5) is 0 Å². The van der Waals surface area contributed by atoms with Gasteiger partial charge in [0.05, 0.1) is 0 Å². The van der Waals surface area contributed by atoms with Gasteiger partial charge < -0.3 is 10.6 Å². The van der Waals surface area contributed by atoms with E-state index in [4.69, 9.17) is 0 Å². The molecule has 0 amide bonds. The minimum absolute atomic E-state index is 0.629. The van der Waals surface area contributed by atoms with Crippen molar-refractivity contribution in [2.75, 3.05) is 26.2 Å². The molecule has 13 heavy (non-hydrogen) atoms. The quantitative estimate of drug-likeness (QED) is 0.588. The molecule has 0 aliphatic heterocycles. The fraction of sp³-hybridized carbons (Fsp3) is 1.00. The molecule has 1 rings (SSSR count). The molecule has 0 bridgehead atoms. The Morgan fingerprint density at radius 2 is 1.77 bits per heavy atom. The van der Waals surface area contributed by atoms with Crippen molar-refractivity contribution in [3.63, 3.8) is 0 Å². The molecule has 0 heterocycles. The first kappa shape index (κ1) is 11.0. The van der Waals surface area contributed by atoms with Crippen LogP contribution in [-0.2, 0) is 0 Å². The second kappa shape index (κ2) is 4.97. The van der Waals surface area contributed by atoms with E-state index in [1.807, 2.05) is 0 Å². The highest BCUT2D eigenvalue weighted by molar-refractivity contribution is 4.95. The van der Waals surface area contributed by atoms with Crippen molar-refractivity contribution in [2.45, 2.75) is 33.6 Å². The number of nitrogens with one attached hydrogen (secondary N) is 2. The molecule has 0 spiro atoms. The highest BCUT2D eigenvalue weighted by atomic mass is 14.9. The van der Waals surface area contributed by atoms with E-state index < -0.39 is 0 Å². The maximum Gasteiger partial charge on any atom is 0.00768 e. The van der Waals surface area contributed by atoms with Gasteiger partial charge in [-0.15, -0.1) is 0 Å². The van der Waals surface area contributed by atoms with Gasteiger partial charge in [0.1, 0.15) is 0 Å². The van der Waals surface area contributed by atoms with Gasteiger partial charge >= 0.3 is 0 Å². The Hall–Kier alpha value is -0.0800. The fourth-order valence-electron chi connectivity index (χ4n) is 1.68. The van der Waals surface area contributed by atoms with E-state index in [-0.39, 0.29) is 0 Å². The molecule has 1 aliphatic rings. The molecule has 1 unspecified atom stereocenters. The third-order valence-corrected chi connectivity index (χ3v) is 3.01. The average Bonchev–Trinajstić information content (AvgIpc) is 2.67. The molecule has 1 atom stereocenters. The van der Waals surface area contributed by atoms with Gasteiger partial charge in [-0.1, -0.05) is 20.8 Å². The van der Waals surface area contributed by atoms with Crippen molar-refractivity contribution in [3.05, 3.63) is 0 Å². The minimum Gasteiger partial charge on any atom is -0.315 e. The molecular weight excluding hydrogens is 160 g/mol. The normalized spacial score (nSPS) is 24.7. The average molecular weight is 184 g/mol. The molecule has 0 aromatic heterocycles. The molecule has 1 aliphatic carbocycles. The second-order valence-corrected chi connectivity index (χ2v) is 4.84. The number of rotatable bonds is 7. The lowest BCUT2D eigenvalue weighted by Crippen LogP contribution is -2.29. The third-order valence-electron chi connectivity index (χ3n) is 3.01. The van der Waals surface area contributed by atoms with E-state index in [9.17, 15) is 0 Å². The Labute approximate surface area is 82.5 Å². The molecule has 2 N–H and O–H groups in total. The lowest BCUT2D eigenvalue weighted by Gasteiger charge is -2.06. The van der Waals surface area contributed by atoms with E-state index in [0.717, 1.165) is 25.6 Å². The lowest BCUT2D eigenvalue weighted by molar-refractivity contribution is 0.512. The van der Waals surface area contributed by atoms with Crippen LogP contribution in [0.5, 0.6) is 0 Å². The maximum absolute atomic E-state index is 3.50. The standard InChI is InChI=1S/C11H24N2/c1-4-5-12-6-7-13-9-10-8-11(10,2)3/h10,12-13H,4-9H2,1-3H3. The van der Waals surface area contributed by atoms with Crippen molar-refractivity contribution in [3.8, 4) is 0 Å². The van der Waals surface area contributed by atoms with Crippen LogP contribution < -0.4 is 10.6 Å². The number of hydrogen-bond donors (Lipinski definition) is 2. The smallest absolute Gasteiger partial charge is 0.00768 e. The summed E-state index contributed by atoms with van der Waals surface area (Å²) < 4.78 is 0. The Balaban J connectivity index is 1.80. The van der Waals surface area contributed by atoms with Crippen LogP contribution in [-0.4, -0.2) is 26.2 Å². The predicted octanol–water partition coefficient (Wildman–Crippen LogP) is 1.62. The van der Waals surface area contributed by atoms with E-state index in [2.05, 4.69) is 31.4 Å². The summed E-state index contributed by atoms with van der Waals surface area (Å²) in [5.74, 6) is 0.929. The highest BCUT2D eigenvalue weighted by Crippen LogP contribution is 2.50. The van der Waals surface area contributed by atoms with Crippen LogP contribution >= 0.6 is 0 Å². The summed E-state index contributed by atoms with van der Waals surface area (Å²) in [5.41, 5.74) is 0.629. The first-order valence-corrected chi connectivity index (χ1v) is 5.58. The van der Waals surface area contributed by atoms with Crippen molar-refractivity contribution < 1.29 is 0 Å². The summed E-state index contributed by atoms with van der Waals surface area (Å²) in [4.78, 5) is 0. The zero-order chi connectivity index (χ0) is 9.73. The molecule has 0 saturated heterocycles. The minimum atomic E-state index is 0.629. The van der Waals surface area contributed by atoms with Crippen LogP contribution in [0.1, 0.15) is 33.6 Å². The van der Waals surface area contributed by atoms with Crippen molar-refractivity contribution in [1.82, 2.24) is 10.6 Å². The molecular formula is C11H24N2. The van der Waals surface area contributed by atoms with Crippen LogP contribution in [0.2, 0.25) is 0 Å². The fourth-order valence-corrected chi connectivity index (χ4v) is 1.68. The molecule has 0 aromatic rings.